The van der Waals surface area contributed by atoms with Crippen LogP contribution in [0.1, 0.15) is 13.8 Å². The second-order valence-electron chi connectivity index (χ2n) is 3.91. The predicted octanol–water partition coefficient (Wildman–Crippen LogP) is 3.58. The normalized spacial score (nSPS) is 10.6. The minimum Gasteiger partial charge on any atom is -0.491 e. The number of hydrogen-bond donors (Lipinski definition) is 0. The highest BCUT2D eigenvalue weighted by molar-refractivity contribution is 6.32. The van der Waals surface area contributed by atoms with Crippen molar-refractivity contribution in [3.05, 3.63) is 41.8 Å². The summed E-state index contributed by atoms with van der Waals surface area (Å²) in [6.45, 7) is 3.98. The molecule has 2 rings (SSSR count). The average Bonchev–Trinajstić information content (AvgIpc) is 2.29. The zero-order chi connectivity index (χ0) is 12.3. The van der Waals surface area contributed by atoms with Crippen LogP contribution in [-0.4, -0.2) is 16.1 Å². The first-order chi connectivity index (χ1) is 8.16. The van der Waals surface area contributed by atoms with Crippen molar-refractivity contribution < 1.29 is 4.74 Å². The van der Waals surface area contributed by atoms with Crippen LogP contribution in [-0.2, 0) is 0 Å². The van der Waals surface area contributed by atoms with E-state index < -0.39 is 0 Å². The van der Waals surface area contributed by atoms with Crippen LogP contribution >= 0.6 is 11.6 Å². The molecule has 1 aromatic carbocycles. The molecule has 0 bridgehead atoms. The second kappa shape index (κ2) is 5.15. The molecule has 0 radical (unpaired) electrons. The molecule has 0 spiro atoms. The van der Waals surface area contributed by atoms with Gasteiger partial charge in [0.15, 0.2) is 0 Å². The summed E-state index contributed by atoms with van der Waals surface area (Å²) in [5.41, 5.74) is 1.64. The second-order valence-corrected chi connectivity index (χ2v) is 4.32. The lowest BCUT2D eigenvalue weighted by molar-refractivity contribution is 0.242. The molecule has 17 heavy (non-hydrogen) atoms. The van der Waals surface area contributed by atoms with E-state index in [0.29, 0.717) is 5.02 Å². The van der Waals surface area contributed by atoms with E-state index in [0.717, 1.165) is 17.0 Å². The van der Waals surface area contributed by atoms with Crippen LogP contribution < -0.4 is 4.74 Å². The summed E-state index contributed by atoms with van der Waals surface area (Å²) < 4.78 is 5.63. The highest BCUT2D eigenvalue weighted by Gasteiger charge is 2.06. The monoisotopic (exact) mass is 248 g/mol. The van der Waals surface area contributed by atoms with Gasteiger partial charge in [-0.1, -0.05) is 23.7 Å². The SMILES string of the molecule is CC(C)Oc1cccc(-c2ncncc2Cl)c1. The van der Waals surface area contributed by atoms with Crippen molar-refractivity contribution in [2.45, 2.75) is 20.0 Å². The third kappa shape index (κ3) is 2.94. The number of halogens is 1. The van der Waals surface area contributed by atoms with Crippen molar-refractivity contribution >= 4 is 11.6 Å². The highest BCUT2D eigenvalue weighted by Crippen LogP contribution is 2.27. The third-order valence-electron chi connectivity index (χ3n) is 2.15. The fourth-order valence-corrected chi connectivity index (χ4v) is 1.73. The Morgan fingerprint density at radius 3 is 2.82 bits per heavy atom. The highest BCUT2D eigenvalue weighted by atomic mass is 35.5. The fraction of sp³-hybridized carbons (Fsp3) is 0.231. The van der Waals surface area contributed by atoms with Crippen LogP contribution in [0.5, 0.6) is 5.75 Å². The largest absolute Gasteiger partial charge is 0.491 e. The van der Waals surface area contributed by atoms with Gasteiger partial charge in [-0.3, -0.25) is 0 Å². The molecule has 0 aliphatic heterocycles. The van der Waals surface area contributed by atoms with Crippen molar-refractivity contribution in [1.29, 1.82) is 0 Å². The molecule has 88 valence electrons. The van der Waals surface area contributed by atoms with Gasteiger partial charge < -0.3 is 4.74 Å². The zero-order valence-corrected chi connectivity index (χ0v) is 10.5. The summed E-state index contributed by atoms with van der Waals surface area (Å²) in [6.07, 6.45) is 3.21. The molecule has 0 aliphatic carbocycles. The van der Waals surface area contributed by atoms with Crippen LogP contribution in [0.15, 0.2) is 36.8 Å². The summed E-state index contributed by atoms with van der Waals surface area (Å²) in [5.74, 6) is 0.812. The maximum atomic E-state index is 6.05. The predicted molar refractivity (Wildman–Crippen MR) is 68.2 cm³/mol. The summed E-state index contributed by atoms with van der Waals surface area (Å²) in [7, 11) is 0. The molecule has 0 aliphatic rings. The van der Waals surface area contributed by atoms with E-state index in [1.54, 1.807) is 6.20 Å². The maximum Gasteiger partial charge on any atom is 0.120 e. The fourth-order valence-electron chi connectivity index (χ4n) is 1.51. The van der Waals surface area contributed by atoms with Crippen molar-refractivity contribution in [3.8, 4) is 17.0 Å². The van der Waals surface area contributed by atoms with Crippen molar-refractivity contribution in [2.75, 3.05) is 0 Å². The van der Waals surface area contributed by atoms with Gasteiger partial charge in [0, 0.05) is 11.8 Å². The zero-order valence-electron chi connectivity index (χ0n) is 9.72. The lowest BCUT2D eigenvalue weighted by Crippen LogP contribution is -2.05. The minimum atomic E-state index is 0.145. The van der Waals surface area contributed by atoms with Gasteiger partial charge in [-0.05, 0) is 26.0 Å². The molecular formula is C13H13ClN2O. The lowest BCUT2D eigenvalue weighted by Gasteiger charge is -2.10. The van der Waals surface area contributed by atoms with Crippen molar-refractivity contribution in [1.82, 2.24) is 9.97 Å². The van der Waals surface area contributed by atoms with E-state index in [-0.39, 0.29) is 6.10 Å². The Bertz CT molecular complexity index is 514. The quantitative estimate of drug-likeness (QED) is 0.833. The standard InChI is InChI=1S/C13H13ClN2O/c1-9(2)17-11-5-3-4-10(6-11)13-12(14)7-15-8-16-13/h3-9H,1-2H3. The first-order valence-electron chi connectivity index (χ1n) is 5.39. The van der Waals surface area contributed by atoms with Gasteiger partial charge in [0.2, 0.25) is 0 Å². The number of rotatable bonds is 3. The summed E-state index contributed by atoms with van der Waals surface area (Å²) in [6, 6.07) is 7.71. The molecule has 0 N–H and O–H groups in total. The first kappa shape index (κ1) is 11.9. The van der Waals surface area contributed by atoms with Crippen molar-refractivity contribution in [2.24, 2.45) is 0 Å². The van der Waals surface area contributed by atoms with E-state index in [1.165, 1.54) is 6.33 Å². The van der Waals surface area contributed by atoms with Gasteiger partial charge in [-0.15, -0.1) is 0 Å². The molecule has 0 unspecified atom stereocenters. The topological polar surface area (TPSA) is 35.0 Å². The van der Waals surface area contributed by atoms with Crippen LogP contribution in [0.4, 0.5) is 0 Å². The van der Waals surface area contributed by atoms with E-state index in [4.69, 9.17) is 16.3 Å². The van der Waals surface area contributed by atoms with Crippen molar-refractivity contribution in [3.63, 3.8) is 0 Å². The van der Waals surface area contributed by atoms with Crippen LogP contribution in [0.2, 0.25) is 5.02 Å². The molecule has 4 heteroatoms. The first-order valence-corrected chi connectivity index (χ1v) is 5.77. The average molecular weight is 249 g/mol. The van der Waals surface area contributed by atoms with E-state index in [2.05, 4.69) is 9.97 Å². The molecule has 3 nitrogen and oxygen atoms in total. The smallest absolute Gasteiger partial charge is 0.120 e. The molecule has 1 aromatic heterocycles. The van der Waals surface area contributed by atoms with E-state index in [9.17, 15) is 0 Å². The van der Waals surface area contributed by atoms with Gasteiger partial charge >= 0.3 is 0 Å². The van der Waals surface area contributed by atoms with Gasteiger partial charge in [-0.2, -0.15) is 0 Å². The minimum absolute atomic E-state index is 0.145. The molecule has 0 fully saturated rings. The molecule has 0 amide bonds. The van der Waals surface area contributed by atoms with E-state index >= 15 is 0 Å². The van der Waals surface area contributed by atoms with E-state index in [1.807, 2.05) is 38.1 Å². The Morgan fingerprint density at radius 1 is 1.29 bits per heavy atom. The number of nitrogens with zero attached hydrogens (tertiary/aromatic N) is 2. The Morgan fingerprint density at radius 2 is 2.12 bits per heavy atom. The molecule has 1 heterocycles. The van der Waals surface area contributed by atoms with Gasteiger partial charge in [0.25, 0.3) is 0 Å². The summed E-state index contributed by atoms with van der Waals surface area (Å²) in [5, 5.41) is 0.536. The summed E-state index contributed by atoms with van der Waals surface area (Å²) >= 11 is 6.05. The molecule has 0 atom stereocenters. The maximum absolute atomic E-state index is 6.05. The Hall–Kier alpha value is -1.61. The van der Waals surface area contributed by atoms with Gasteiger partial charge in [-0.25, -0.2) is 9.97 Å². The number of ether oxygens (including phenoxy) is 1. The lowest BCUT2D eigenvalue weighted by atomic mass is 10.1. The number of aromatic nitrogens is 2. The van der Waals surface area contributed by atoms with Crippen LogP contribution in [0.3, 0.4) is 0 Å². The van der Waals surface area contributed by atoms with Gasteiger partial charge in [0.05, 0.1) is 16.8 Å². The van der Waals surface area contributed by atoms with Crippen LogP contribution in [0.25, 0.3) is 11.3 Å². The molecule has 0 saturated heterocycles. The number of benzene rings is 1. The third-order valence-corrected chi connectivity index (χ3v) is 2.42. The van der Waals surface area contributed by atoms with Crippen LogP contribution in [0, 0.1) is 0 Å². The Labute approximate surface area is 105 Å². The molecule has 2 aromatic rings. The van der Waals surface area contributed by atoms with Gasteiger partial charge in [0.1, 0.15) is 12.1 Å². The Kier molecular flexibility index (Phi) is 3.59. The number of hydrogen-bond acceptors (Lipinski definition) is 3. The summed E-state index contributed by atoms with van der Waals surface area (Å²) in [4.78, 5) is 8.04. The molecular weight excluding hydrogens is 236 g/mol. The molecule has 0 saturated carbocycles. The Balaban J connectivity index is 2.37.